The Hall–Kier alpha value is -1.15. The van der Waals surface area contributed by atoms with Gasteiger partial charge in [-0.25, -0.2) is 0 Å². The molecule has 1 N–H and O–H groups in total. The third kappa shape index (κ3) is 2.20. The molecule has 2 rings (SSSR count). The Bertz CT molecular complexity index is 303. The standard InChI is InChI=1S/C12H15NO/c14-12(7-6-10-8-13-9-10)11-4-2-1-3-5-11/h1-5,10,13H,6-9H2. The zero-order valence-corrected chi connectivity index (χ0v) is 8.20. The molecule has 1 aromatic rings. The van der Waals surface area contributed by atoms with E-state index in [0.29, 0.717) is 6.42 Å². The molecule has 14 heavy (non-hydrogen) atoms. The van der Waals surface area contributed by atoms with Gasteiger partial charge in [0.2, 0.25) is 0 Å². The molecule has 2 heteroatoms. The summed E-state index contributed by atoms with van der Waals surface area (Å²) in [5, 5.41) is 3.21. The topological polar surface area (TPSA) is 29.1 Å². The van der Waals surface area contributed by atoms with Gasteiger partial charge in [-0.15, -0.1) is 0 Å². The number of carbonyl (C=O) groups is 1. The molecule has 0 bridgehead atoms. The maximum atomic E-state index is 11.7. The van der Waals surface area contributed by atoms with Gasteiger partial charge in [0, 0.05) is 12.0 Å². The van der Waals surface area contributed by atoms with E-state index < -0.39 is 0 Å². The third-order valence-corrected chi connectivity index (χ3v) is 2.74. The first kappa shape index (κ1) is 9.41. The molecule has 2 nitrogen and oxygen atoms in total. The number of rotatable bonds is 4. The van der Waals surface area contributed by atoms with E-state index in [0.717, 1.165) is 31.0 Å². The maximum Gasteiger partial charge on any atom is 0.162 e. The van der Waals surface area contributed by atoms with Crippen molar-refractivity contribution in [2.24, 2.45) is 5.92 Å². The summed E-state index contributed by atoms with van der Waals surface area (Å²) in [7, 11) is 0. The first-order valence-electron chi connectivity index (χ1n) is 5.15. The van der Waals surface area contributed by atoms with E-state index in [1.807, 2.05) is 30.3 Å². The first-order chi connectivity index (χ1) is 6.86. The molecule has 0 aliphatic carbocycles. The molecule has 0 radical (unpaired) electrons. The van der Waals surface area contributed by atoms with E-state index in [2.05, 4.69) is 5.32 Å². The van der Waals surface area contributed by atoms with Gasteiger partial charge in [-0.3, -0.25) is 4.79 Å². The van der Waals surface area contributed by atoms with Gasteiger partial charge in [-0.05, 0) is 25.4 Å². The van der Waals surface area contributed by atoms with Crippen LogP contribution in [0.15, 0.2) is 30.3 Å². The average molecular weight is 189 g/mol. The van der Waals surface area contributed by atoms with Gasteiger partial charge >= 0.3 is 0 Å². The Labute approximate surface area is 84.3 Å². The van der Waals surface area contributed by atoms with E-state index >= 15 is 0 Å². The summed E-state index contributed by atoms with van der Waals surface area (Å²) in [5.74, 6) is 1.00. The summed E-state index contributed by atoms with van der Waals surface area (Å²) in [4.78, 5) is 11.7. The number of nitrogens with one attached hydrogen (secondary N) is 1. The van der Waals surface area contributed by atoms with Crippen LogP contribution < -0.4 is 5.32 Å². The SMILES string of the molecule is O=C(CCC1CNC1)c1ccccc1. The number of benzene rings is 1. The van der Waals surface area contributed by atoms with Crippen molar-refractivity contribution < 1.29 is 4.79 Å². The summed E-state index contributed by atoms with van der Waals surface area (Å²) >= 11 is 0. The smallest absolute Gasteiger partial charge is 0.162 e. The summed E-state index contributed by atoms with van der Waals surface area (Å²) in [6.07, 6.45) is 1.72. The number of Topliss-reactive ketones (excluding diaryl/α,β-unsaturated/α-hetero) is 1. The zero-order valence-electron chi connectivity index (χ0n) is 8.20. The van der Waals surface area contributed by atoms with Crippen LogP contribution in [0.4, 0.5) is 0 Å². The minimum absolute atomic E-state index is 0.275. The highest BCUT2D eigenvalue weighted by Crippen LogP contribution is 2.13. The summed E-state index contributed by atoms with van der Waals surface area (Å²) in [6, 6.07) is 9.55. The average Bonchev–Trinajstić information content (AvgIpc) is 2.16. The zero-order chi connectivity index (χ0) is 9.80. The van der Waals surface area contributed by atoms with Gasteiger partial charge < -0.3 is 5.32 Å². The second-order valence-corrected chi connectivity index (χ2v) is 3.85. The van der Waals surface area contributed by atoms with Crippen LogP contribution in [-0.2, 0) is 0 Å². The van der Waals surface area contributed by atoms with Crippen molar-refractivity contribution in [1.82, 2.24) is 5.32 Å². The van der Waals surface area contributed by atoms with Crippen LogP contribution in [0.2, 0.25) is 0 Å². The van der Waals surface area contributed by atoms with Crippen molar-refractivity contribution in [2.75, 3.05) is 13.1 Å². The predicted molar refractivity (Wildman–Crippen MR) is 56.4 cm³/mol. The molecular weight excluding hydrogens is 174 g/mol. The highest BCUT2D eigenvalue weighted by Gasteiger charge is 2.17. The van der Waals surface area contributed by atoms with E-state index in [1.54, 1.807) is 0 Å². The third-order valence-electron chi connectivity index (χ3n) is 2.74. The molecule has 0 unspecified atom stereocenters. The van der Waals surface area contributed by atoms with Crippen molar-refractivity contribution in [1.29, 1.82) is 0 Å². The van der Waals surface area contributed by atoms with Crippen LogP contribution in [0, 0.1) is 5.92 Å². The summed E-state index contributed by atoms with van der Waals surface area (Å²) in [6.45, 7) is 2.17. The lowest BCUT2D eigenvalue weighted by Crippen LogP contribution is -2.42. The van der Waals surface area contributed by atoms with Crippen molar-refractivity contribution in [3.8, 4) is 0 Å². The number of hydrogen-bond donors (Lipinski definition) is 1. The molecule has 1 saturated heterocycles. The van der Waals surface area contributed by atoms with Gasteiger partial charge in [0.05, 0.1) is 0 Å². The van der Waals surface area contributed by atoms with Gasteiger partial charge in [-0.1, -0.05) is 30.3 Å². The largest absolute Gasteiger partial charge is 0.316 e. The molecule has 0 amide bonds. The van der Waals surface area contributed by atoms with Crippen molar-refractivity contribution in [2.45, 2.75) is 12.8 Å². The minimum atomic E-state index is 0.275. The Morgan fingerprint density at radius 2 is 2.00 bits per heavy atom. The molecular formula is C12H15NO. The molecule has 0 saturated carbocycles. The predicted octanol–water partition coefficient (Wildman–Crippen LogP) is 1.87. The molecule has 1 aromatic carbocycles. The molecule has 1 heterocycles. The highest BCUT2D eigenvalue weighted by atomic mass is 16.1. The lowest BCUT2D eigenvalue weighted by Gasteiger charge is -2.26. The maximum absolute atomic E-state index is 11.7. The van der Waals surface area contributed by atoms with Crippen LogP contribution in [0.3, 0.4) is 0 Å². The minimum Gasteiger partial charge on any atom is -0.316 e. The Morgan fingerprint density at radius 1 is 1.29 bits per heavy atom. The van der Waals surface area contributed by atoms with Crippen LogP contribution in [-0.4, -0.2) is 18.9 Å². The highest BCUT2D eigenvalue weighted by molar-refractivity contribution is 5.95. The van der Waals surface area contributed by atoms with Crippen molar-refractivity contribution in [3.63, 3.8) is 0 Å². The van der Waals surface area contributed by atoms with Gasteiger partial charge in [0.15, 0.2) is 5.78 Å². The second-order valence-electron chi connectivity index (χ2n) is 3.85. The molecule has 0 spiro atoms. The normalized spacial score (nSPS) is 16.3. The fourth-order valence-electron chi connectivity index (χ4n) is 1.66. The Morgan fingerprint density at radius 3 is 2.57 bits per heavy atom. The first-order valence-corrected chi connectivity index (χ1v) is 5.15. The van der Waals surface area contributed by atoms with Crippen LogP contribution in [0.5, 0.6) is 0 Å². The van der Waals surface area contributed by atoms with E-state index in [1.165, 1.54) is 0 Å². The summed E-state index contributed by atoms with van der Waals surface area (Å²) < 4.78 is 0. The fraction of sp³-hybridized carbons (Fsp3) is 0.417. The quantitative estimate of drug-likeness (QED) is 0.732. The van der Waals surface area contributed by atoms with Gasteiger partial charge in [0.25, 0.3) is 0 Å². The van der Waals surface area contributed by atoms with Crippen LogP contribution >= 0.6 is 0 Å². The van der Waals surface area contributed by atoms with Crippen molar-refractivity contribution >= 4 is 5.78 Å². The van der Waals surface area contributed by atoms with Gasteiger partial charge in [0.1, 0.15) is 0 Å². The number of carbonyl (C=O) groups excluding carboxylic acids is 1. The number of ketones is 1. The molecule has 1 aliphatic heterocycles. The van der Waals surface area contributed by atoms with Crippen LogP contribution in [0.25, 0.3) is 0 Å². The molecule has 1 fully saturated rings. The molecule has 0 atom stereocenters. The second kappa shape index (κ2) is 4.38. The van der Waals surface area contributed by atoms with E-state index in [9.17, 15) is 4.79 Å². The van der Waals surface area contributed by atoms with E-state index in [4.69, 9.17) is 0 Å². The summed E-state index contributed by atoms with van der Waals surface area (Å²) in [5.41, 5.74) is 0.847. The number of hydrogen-bond acceptors (Lipinski definition) is 2. The lowest BCUT2D eigenvalue weighted by molar-refractivity contribution is 0.0969. The van der Waals surface area contributed by atoms with Gasteiger partial charge in [-0.2, -0.15) is 0 Å². The lowest BCUT2D eigenvalue weighted by atomic mass is 9.94. The Kier molecular flexibility index (Phi) is 2.94. The molecule has 74 valence electrons. The Balaban J connectivity index is 1.83. The molecule has 0 aromatic heterocycles. The monoisotopic (exact) mass is 189 g/mol. The molecule has 1 aliphatic rings. The van der Waals surface area contributed by atoms with Crippen LogP contribution in [0.1, 0.15) is 23.2 Å². The fourth-order valence-corrected chi connectivity index (χ4v) is 1.66. The van der Waals surface area contributed by atoms with Crippen molar-refractivity contribution in [3.05, 3.63) is 35.9 Å². The van der Waals surface area contributed by atoms with E-state index in [-0.39, 0.29) is 5.78 Å².